The van der Waals surface area contributed by atoms with Crippen molar-refractivity contribution in [3.63, 3.8) is 0 Å². The molecule has 0 fully saturated rings. The van der Waals surface area contributed by atoms with Crippen molar-refractivity contribution in [2.75, 3.05) is 0 Å². The zero-order chi connectivity index (χ0) is 12.7. The van der Waals surface area contributed by atoms with Crippen molar-refractivity contribution in [3.05, 3.63) is 57.7 Å². The van der Waals surface area contributed by atoms with E-state index < -0.39 is 0 Å². The summed E-state index contributed by atoms with van der Waals surface area (Å²) in [4.78, 5) is 0. The van der Waals surface area contributed by atoms with Crippen LogP contribution in [0.2, 0.25) is 0 Å². The van der Waals surface area contributed by atoms with Crippen molar-refractivity contribution in [1.29, 1.82) is 0 Å². The van der Waals surface area contributed by atoms with Gasteiger partial charge in [0.15, 0.2) is 0 Å². The van der Waals surface area contributed by atoms with E-state index in [0.29, 0.717) is 0 Å². The zero-order valence-electron chi connectivity index (χ0n) is 10.4. The van der Waals surface area contributed by atoms with Crippen LogP contribution in [0.15, 0.2) is 48.5 Å². The van der Waals surface area contributed by atoms with Crippen LogP contribution in [0.25, 0.3) is 22.2 Å². The first kappa shape index (κ1) is 11.8. The summed E-state index contributed by atoms with van der Waals surface area (Å²) in [6.45, 7) is 2.14. The van der Waals surface area contributed by atoms with Crippen molar-refractivity contribution in [2.45, 2.75) is 6.92 Å². The van der Waals surface area contributed by atoms with Crippen LogP contribution in [0.5, 0.6) is 0 Å². The second kappa shape index (κ2) is 4.43. The molecule has 0 saturated carbocycles. The molecule has 0 aliphatic heterocycles. The summed E-state index contributed by atoms with van der Waals surface area (Å²) in [6, 6.07) is 17.2. The molecule has 0 N–H and O–H groups in total. The van der Waals surface area contributed by atoms with Gasteiger partial charge in [-0.2, -0.15) is 0 Å². The van der Waals surface area contributed by atoms with E-state index in [9.17, 15) is 0 Å². The summed E-state index contributed by atoms with van der Waals surface area (Å²) in [6.07, 6.45) is 0. The first-order chi connectivity index (χ1) is 8.68. The molecule has 0 bridgehead atoms. The Kier molecular flexibility index (Phi) is 2.90. The lowest BCUT2D eigenvalue weighted by Gasteiger charge is -2.04. The molecule has 3 aromatic rings. The molecule has 0 amide bonds. The number of benzene rings is 2. The molecule has 1 heterocycles. The number of fused-ring (bicyclic) bond motifs is 1. The maximum Gasteiger partial charge on any atom is 0.0624 e. The third kappa shape index (κ3) is 1.75. The minimum Gasteiger partial charge on any atom is -0.343 e. The Morgan fingerprint density at radius 2 is 1.72 bits per heavy atom. The number of rotatable bonds is 1. The van der Waals surface area contributed by atoms with Crippen LogP contribution in [-0.4, -0.2) is 4.57 Å². The summed E-state index contributed by atoms with van der Waals surface area (Å²) in [5.41, 5.74) is 5.18. The van der Waals surface area contributed by atoms with Crippen molar-refractivity contribution < 1.29 is 0 Å². The van der Waals surface area contributed by atoms with Gasteiger partial charge in [0, 0.05) is 21.5 Å². The average molecular weight is 347 g/mol. The van der Waals surface area contributed by atoms with E-state index in [1.807, 2.05) is 0 Å². The van der Waals surface area contributed by atoms with E-state index in [1.165, 1.54) is 31.3 Å². The van der Waals surface area contributed by atoms with Gasteiger partial charge in [0.05, 0.1) is 5.69 Å². The van der Waals surface area contributed by atoms with Crippen molar-refractivity contribution in [3.8, 4) is 11.3 Å². The van der Waals surface area contributed by atoms with Gasteiger partial charge >= 0.3 is 0 Å². The van der Waals surface area contributed by atoms with E-state index in [4.69, 9.17) is 0 Å². The molecule has 0 atom stereocenters. The molecule has 1 aromatic heterocycles. The van der Waals surface area contributed by atoms with Crippen LogP contribution in [0, 0.1) is 10.5 Å². The predicted octanol–water partition coefficient (Wildman–Crippen LogP) is 4.76. The average Bonchev–Trinajstić information content (AvgIpc) is 2.63. The Morgan fingerprint density at radius 1 is 1.00 bits per heavy atom. The van der Waals surface area contributed by atoms with Crippen molar-refractivity contribution in [2.24, 2.45) is 7.05 Å². The number of hydrogen-bond acceptors (Lipinski definition) is 0. The lowest BCUT2D eigenvalue weighted by atomic mass is 10.1. The largest absolute Gasteiger partial charge is 0.343 e. The fraction of sp³-hybridized carbons (Fsp3) is 0.125. The smallest absolute Gasteiger partial charge is 0.0624 e. The monoisotopic (exact) mass is 347 g/mol. The molecule has 90 valence electrons. The Hall–Kier alpha value is -1.29. The topological polar surface area (TPSA) is 4.93 Å². The van der Waals surface area contributed by atoms with Crippen LogP contribution < -0.4 is 0 Å². The van der Waals surface area contributed by atoms with Gasteiger partial charge in [-0.15, -0.1) is 0 Å². The second-order valence-corrected chi connectivity index (χ2v) is 5.69. The molecule has 18 heavy (non-hydrogen) atoms. The highest BCUT2D eigenvalue weighted by Crippen LogP contribution is 2.34. The lowest BCUT2D eigenvalue weighted by Crippen LogP contribution is -1.91. The van der Waals surface area contributed by atoms with E-state index in [2.05, 4.69) is 89.7 Å². The maximum atomic E-state index is 2.46. The minimum atomic E-state index is 1.28. The summed E-state index contributed by atoms with van der Waals surface area (Å²) >= 11 is 2.46. The summed E-state index contributed by atoms with van der Waals surface area (Å²) in [5.74, 6) is 0. The van der Waals surface area contributed by atoms with Gasteiger partial charge in [0.25, 0.3) is 0 Å². The van der Waals surface area contributed by atoms with Crippen LogP contribution in [0.4, 0.5) is 0 Å². The van der Waals surface area contributed by atoms with Crippen LogP contribution in [0.1, 0.15) is 5.56 Å². The Bertz CT molecular complexity index is 711. The third-order valence-electron chi connectivity index (χ3n) is 3.34. The molecular formula is C16H14IN. The van der Waals surface area contributed by atoms with Crippen LogP contribution in [0.3, 0.4) is 0 Å². The van der Waals surface area contributed by atoms with E-state index in [0.717, 1.165) is 0 Å². The number of hydrogen-bond donors (Lipinski definition) is 0. The third-order valence-corrected chi connectivity index (χ3v) is 4.43. The fourth-order valence-electron chi connectivity index (χ4n) is 2.43. The lowest BCUT2D eigenvalue weighted by molar-refractivity contribution is 0.975. The number of aromatic nitrogens is 1. The minimum absolute atomic E-state index is 1.28. The molecular weight excluding hydrogens is 333 g/mol. The molecule has 0 spiro atoms. The standard InChI is InChI=1S/C16H14IN/c1-11-8-9-14-13(10-11)15(17)16(18(14)2)12-6-4-3-5-7-12/h3-10H,1-2H3. The molecule has 0 radical (unpaired) electrons. The Morgan fingerprint density at radius 3 is 2.44 bits per heavy atom. The maximum absolute atomic E-state index is 2.46. The first-order valence-electron chi connectivity index (χ1n) is 5.98. The number of aryl methyl sites for hydroxylation is 2. The van der Waals surface area contributed by atoms with E-state index in [-0.39, 0.29) is 0 Å². The zero-order valence-corrected chi connectivity index (χ0v) is 12.6. The highest BCUT2D eigenvalue weighted by Gasteiger charge is 2.14. The quantitative estimate of drug-likeness (QED) is 0.560. The van der Waals surface area contributed by atoms with Gasteiger partial charge in [-0.25, -0.2) is 0 Å². The summed E-state index contributed by atoms with van der Waals surface area (Å²) in [5, 5.41) is 1.34. The highest BCUT2D eigenvalue weighted by atomic mass is 127. The number of halogens is 1. The Labute approximate surface area is 121 Å². The molecule has 0 unspecified atom stereocenters. The van der Waals surface area contributed by atoms with Crippen molar-refractivity contribution >= 4 is 33.5 Å². The molecule has 0 aliphatic carbocycles. The van der Waals surface area contributed by atoms with Gasteiger partial charge in [0.1, 0.15) is 0 Å². The first-order valence-corrected chi connectivity index (χ1v) is 7.06. The summed E-state index contributed by atoms with van der Waals surface area (Å²) in [7, 11) is 2.14. The van der Waals surface area contributed by atoms with E-state index >= 15 is 0 Å². The van der Waals surface area contributed by atoms with Gasteiger partial charge in [-0.05, 0) is 47.2 Å². The van der Waals surface area contributed by atoms with Crippen LogP contribution in [-0.2, 0) is 7.05 Å². The van der Waals surface area contributed by atoms with Crippen LogP contribution >= 0.6 is 22.6 Å². The molecule has 0 aliphatic rings. The molecule has 0 saturated heterocycles. The van der Waals surface area contributed by atoms with Gasteiger partial charge in [0.2, 0.25) is 0 Å². The molecule has 1 nitrogen and oxygen atoms in total. The van der Waals surface area contributed by atoms with Gasteiger partial charge in [-0.1, -0.05) is 42.0 Å². The fourth-order valence-corrected chi connectivity index (χ4v) is 3.54. The normalized spacial score (nSPS) is 11.1. The highest BCUT2D eigenvalue weighted by molar-refractivity contribution is 14.1. The van der Waals surface area contributed by atoms with Gasteiger partial charge < -0.3 is 4.57 Å². The number of nitrogens with zero attached hydrogens (tertiary/aromatic N) is 1. The Balaban J connectivity index is 2.37. The summed E-state index contributed by atoms with van der Waals surface area (Å²) < 4.78 is 3.62. The predicted molar refractivity (Wildman–Crippen MR) is 85.8 cm³/mol. The second-order valence-electron chi connectivity index (χ2n) is 4.61. The van der Waals surface area contributed by atoms with E-state index in [1.54, 1.807) is 0 Å². The molecule has 2 heteroatoms. The molecule has 3 rings (SSSR count). The van der Waals surface area contributed by atoms with Gasteiger partial charge in [-0.3, -0.25) is 0 Å². The van der Waals surface area contributed by atoms with Crippen molar-refractivity contribution in [1.82, 2.24) is 4.57 Å². The molecule has 2 aromatic carbocycles. The SMILES string of the molecule is Cc1ccc2c(c1)c(I)c(-c1ccccc1)n2C.